The molecule has 0 saturated carbocycles. The van der Waals surface area contributed by atoms with Crippen molar-refractivity contribution in [3.05, 3.63) is 29.3 Å². The first-order valence-electron chi connectivity index (χ1n) is 6.37. The van der Waals surface area contributed by atoms with Gasteiger partial charge in [-0.1, -0.05) is 11.6 Å². The first kappa shape index (κ1) is 11.1. The lowest BCUT2D eigenvalue weighted by Crippen LogP contribution is -2.49. The molecule has 1 aromatic rings. The molecule has 1 fully saturated rings. The molecule has 2 heterocycles. The SMILES string of the molecule is Cc1ccc2c(c1)[C@H](O)CC1(CCNCC1)O2. The van der Waals surface area contributed by atoms with Gasteiger partial charge >= 0.3 is 0 Å². The minimum Gasteiger partial charge on any atom is -0.487 e. The maximum absolute atomic E-state index is 10.3. The van der Waals surface area contributed by atoms with Crippen LogP contribution in [0.5, 0.6) is 5.75 Å². The number of nitrogens with one attached hydrogen (secondary N) is 1. The molecule has 0 bridgehead atoms. The van der Waals surface area contributed by atoms with Crippen LogP contribution in [0.3, 0.4) is 0 Å². The molecule has 1 saturated heterocycles. The Balaban J connectivity index is 1.94. The van der Waals surface area contributed by atoms with E-state index in [0.29, 0.717) is 0 Å². The van der Waals surface area contributed by atoms with Crippen LogP contribution in [0, 0.1) is 6.92 Å². The number of fused-ring (bicyclic) bond motifs is 1. The number of benzene rings is 1. The van der Waals surface area contributed by atoms with Gasteiger partial charge in [0, 0.05) is 12.0 Å². The van der Waals surface area contributed by atoms with E-state index in [4.69, 9.17) is 4.74 Å². The summed E-state index contributed by atoms with van der Waals surface area (Å²) in [5.74, 6) is 0.872. The maximum Gasteiger partial charge on any atom is 0.125 e. The number of aliphatic hydroxyl groups is 1. The zero-order chi connectivity index (χ0) is 11.9. The summed E-state index contributed by atoms with van der Waals surface area (Å²) < 4.78 is 6.19. The predicted octanol–water partition coefficient (Wildman–Crippen LogP) is 1.93. The molecule has 2 aliphatic rings. The van der Waals surface area contributed by atoms with E-state index in [9.17, 15) is 5.11 Å². The number of rotatable bonds is 0. The van der Waals surface area contributed by atoms with Crippen LogP contribution in [0.1, 0.15) is 36.5 Å². The molecular formula is C14H19NO2. The molecule has 1 aromatic carbocycles. The van der Waals surface area contributed by atoms with E-state index in [-0.39, 0.29) is 11.7 Å². The van der Waals surface area contributed by atoms with E-state index in [1.807, 2.05) is 25.1 Å². The van der Waals surface area contributed by atoms with Crippen molar-refractivity contribution in [1.82, 2.24) is 5.32 Å². The van der Waals surface area contributed by atoms with Crippen molar-refractivity contribution >= 4 is 0 Å². The van der Waals surface area contributed by atoms with Crippen LogP contribution < -0.4 is 10.1 Å². The van der Waals surface area contributed by atoms with Crippen molar-refractivity contribution in [3.63, 3.8) is 0 Å². The van der Waals surface area contributed by atoms with Gasteiger partial charge in [-0.15, -0.1) is 0 Å². The second-order valence-electron chi connectivity index (χ2n) is 5.30. The number of hydrogen-bond acceptors (Lipinski definition) is 3. The fraction of sp³-hybridized carbons (Fsp3) is 0.571. The summed E-state index contributed by atoms with van der Waals surface area (Å²) in [4.78, 5) is 0. The Labute approximate surface area is 102 Å². The molecule has 17 heavy (non-hydrogen) atoms. The van der Waals surface area contributed by atoms with Crippen LogP contribution in [0.25, 0.3) is 0 Å². The Kier molecular flexibility index (Phi) is 2.60. The van der Waals surface area contributed by atoms with E-state index in [2.05, 4.69) is 5.32 Å². The first-order chi connectivity index (χ1) is 8.19. The normalized spacial score (nSPS) is 26.4. The fourth-order valence-electron chi connectivity index (χ4n) is 2.95. The van der Waals surface area contributed by atoms with E-state index < -0.39 is 0 Å². The molecule has 3 heteroatoms. The molecule has 0 unspecified atom stereocenters. The van der Waals surface area contributed by atoms with E-state index in [1.54, 1.807) is 0 Å². The fourth-order valence-corrected chi connectivity index (χ4v) is 2.95. The monoisotopic (exact) mass is 233 g/mol. The zero-order valence-corrected chi connectivity index (χ0v) is 10.2. The average Bonchev–Trinajstić information content (AvgIpc) is 2.31. The molecule has 0 radical (unpaired) electrons. The Morgan fingerprint density at radius 1 is 1.35 bits per heavy atom. The summed E-state index contributed by atoms with van der Waals surface area (Å²) in [6, 6.07) is 6.08. The Morgan fingerprint density at radius 2 is 2.12 bits per heavy atom. The highest BCUT2D eigenvalue weighted by atomic mass is 16.5. The van der Waals surface area contributed by atoms with Crippen LogP contribution >= 0.6 is 0 Å². The largest absolute Gasteiger partial charge is 0.487 e. The Hall–Kier alpha value is -1.06. The number of ether oxygens (including phenoxy) is 1. The van der Waals surface area contributed by atoms with Crippen molar-refractivity contribution in [1.29, 1.82) is 0 Å². The van der Waals surface area contributed by atoms with Crippen LogP contribution in [0.2, 0.25) is 0 Å². The average molecular weight is 233 g/mol. The van der Waals surface area contributed by atoms with Gasteiger partial charge in [0.25, 0.3) is 0 Å². The van der Waals surface area contributed by atoms with Gasteiger partial charge in [-0.2, -0.15) is 0 Å². The van der Waals surface area contributed by atoms with Gasteiger partial charge in [0.2, 0.25) is 0 Å². The van der Waals surface area contributed by atoms with Gasteiger partial charge in [0.1, 0.15) is 11.4 Å². The van der Waals surface area contributed by atoms with Gasteiger partial charge in [0.05, 0.1) is 6.10 Å². The minimum absolute atomic E-state index is 0.146. The van der Waals surface area contributed by atoms with Crippen LogP contribution in [-0.4, -0.2) is 23.8 Å². The predicted molar refractivity (Wildman–Crippen MR) is 66.2 cm³/mol. The van der Waals surface area contributed by atoms with Gasteiger partial charge in [0.15, 0.2) is 0 Å². The smallest absolute Gasteiger partial charge is 0.125 e. The summed E-state index contributed by atoms with van der Waals surface area (Å²) in [5.41, 5.74) is 1.98. The number of aliphatic hydroxyl groups excluding tert-OH is 1. The first-order valence-corrected chi connectivity index (χ1v) is 6.37. The summed E-state index contributed by atoms with van der Waals surface area (Å²) in [6.45, 7) is 4.00. The molecule has 3 nitrogen and oxygen atoms in total. The van der Waals surface area contributed by atoms with Gasteiger partial charge < -0.3 is 15.2 Å². The highest BCUT2D eigenvalue weighted by molar-refractivity contribution is 5.41. The lowest BCUT2D eigenvalue weighted by atomic mass is 9.82. The third kappa shape index (κ3) is 1.94. The molecule has 2 aliphatic heterocycles. The van der Waals surface area contributed by atoms with Crippen molar-refractivity contribution in [2.75, 3.05) is 13.1 Å². The highest BCUT2D eigenvalue weighted by Crippen LogP contribution is 2.43. The highest BCUT2D eigenvalue weighted by Gasteiger charge is 2.41. The lowest BCUT2D eigenvalue weighted by molar-refractivity contribution is -0.0337. The molecule has 2 N–H and O–H groups in total. The molecule has 1 atom stereocenters. The van der Waals surface area contributed by atoms with Gasteiger partial charge in [-0.25, -0.2) is 0 Å². The van der Waals surface area contributed by atoms with Crippen molar-refractivity contribution in [2.45, 2.75) is 37.9 Å². The standard InChI is InChI=1S/C14H19NO2/c1-10-2-3-13-11(8-10)12(16)9-14(17-13)4-6-15-7-5-14/h2-3,8,12,15-16H,4-7,9H2,1H3/t12-/m1/s1. The molecular weight excluding hydrogens is 214 g/mol. The van der Waals surface area contributed by atoms with Gasteiger partial charge in [-0.3, -0.25) is 0 Å². The second-order valence-corrected chi connectivity index (χ2v) is 5.30. The molecule has 0 aliphatic carbocycles. The van der Waals surface area contributed by atoms with Gasteiger partial charge in [-0.05, 0) is 45.0 Å². The Bertz CT molecular complexity index is 424. The summed E-state index contributed by atoms with van der Waals surface area (Å²) >= 11 is 0. The van der Waals surface area contributed by atoms with E-state index in [0.717, 1.165) is 43.7 Å². The lowest BCUT2D eigenvalue weighted by Gasteiger charge is -2.43. The molecule has 3 rings (SSSR count). The number of piperidine rings is 1. The van der Waals surface area contributed by atoms with Crippen molar-refractivity contribution < 1.29 is 9.84 Å². The minimum atomic E-state index is -0.378. The second kappa shape index (κ2) is 4.00. The third-order valence-electron chi connectivity index (χ3n) is 3.93. The van der Waals surface area contributed by atoms with Crippen LogP contribution in [0.4, 0.5) is 0 Å². The van der Waals surface area contributed by atoms with Crippen molar-refractivity contribution in [2.24, 2.45) is 0 Å². The molecule has 92 valence electrons. The summed E-state index contributed by atoms with van der Waals surface area (Å²) in [7, 11) is 0. The zero-order valence-electron chi connectivity index (χ0n) is 10.2. The molecule has 0 aromatic heterocycles. The molecule has 1 spiro atoms. The van der Waals surface area contributed by atoms with E-state index in [1.165, 1.54) is 5.56 Å². The van der Waals surface area contributed by atoms with E-state index >= 15 is 0 Å². The number of hydrogen-bond donors (Lipinski definition) is 2. The topological polar surface area (TPSA) is 41.5 Å². The summed E-state index contributed by atoms with van der Waals surface area (Å²) in [6.07, 6.45) is 2.32. The van der Waals surface area contributed by atoms with Crippen LogP contribution in [-0.2, 0) is 0 Å². The quantitative estimate of drug-likeness (QED) is 0.719. The van der Waals surface area contributed by atoms with Crippen molar-refractivity contribution in [3.8, 4) is 5.75 Å². The van der Waals surface area contributed by atoms with Crippen LogP contribution in [0.15, 0.2) is 18.2 Å². The third-order valence-corrected chi connectivity index (χ3v) is 3.93. The molecule has 0 amide bonds. The summed E-state index contributed by atoms with van der Waals surface area (Å²) in [5, 5.41) is 13.6. The Morgan fingerprint density at radius 3 is 2.88 bits per heavy atom. The number of aryl methyl sites for hydroxylation is 1. The maximum atomic E-state index is 10.3.